The van der Waals surface area contributed by atoms with E-state index >= 15 is 0 Å². The van der Waals surface area contributed by atoms with Crippen molar-refractivity contribution in [3.8, 4) is 11.6 Å². The van der Waals surface area contributed by atoms with Gasteiger partial charge in [-0.25, -0.2) is 4.98 Å². The van der Waals surface area contributed by atoms with Crippen LogP contribution in [0.2, 0.25) is 0 Å². The Morgan fingerprint density at radius 3 is 2.74 bits per heavy atom. The molecule has 19 heavy (non-hydrogen) atoms. The highest BCUT2D eigenvalue weighted by Gasteiger charge is 2.06. The number of aryl methyl sites for hydroxylation is 2. The smallest absolute Gasteiger partial charge is 0.219 e. The number of hydrogen-bond acceptors (Lipinski definition) is 4. The van der Waals surface area contributed by atoms with Crippen LogP contribution in [0.5, 0.6) is 11.6 Å². The maximum Gasteiger partial charge on any atom is 0.219 e. The second kappa shape index (κ2) is 5.39. The summed E-state index contributed by atoms with van der Waals surface area (Å²) in [5, 5.41) is 11.5. The third-order valence-electron chi connectivity index (χ3n) is 2.64. The van der Waals surface area contributed by atoms with Gasteiger partial charge in [0.05, 0.1) is 0 Å². The Kier molecular flexibility index (Phi) is 3.66. The normalized spacial score (nSPS) is 11.4. The minimum absolute atomic E-state index is 0.0499. The van der Waals surface area contributed by atoms with Gasteiger partial charge < -0.3 is 15.7 Å². The summed E-state index contributed by atoms with van der Waals surface area (Å²) in [6.07, 6.45) is 0. The van der Waals surface area contributed by atoms with Crippen molar-refractivity contribution in [2.24, 2.45) is 10.9 Å². The van der Waals surface area contributed by atoms with Crippen LogP contribution >= 0.6 is 0 Å². The molecule has 5 heteroatoms. The van der Waals surface area contributed by atoms with Crippen molar-refractivity contribution in [1.82, 2.24) is 4.98 Å². The van der Waals surface area contributed by atoms with Gasteiger partial charge in [-0.05, 0) is 31.5 Å². The van der Waals surface area contributed by atoms with Gasteiger partial charge in [0.1, 0.15) is 11.4 Å². The van der Waals surface area contributed by atoms with Gasteiger partial charge in [0.15, 0.2) is 5.84 Å². The maximum absolute atomic E-state index is 8.63. The topological polar surface area (TPSA) is 80.7 Å². The van der Waals surface area contributed by atoms with Crippen LogP contribution in [0.25, 0.3) is 0 Å². The molecule has 0 aliphatic rings. The first-order valence-electron chi connectivity index (χ1n) is 5.80. The van der Waals surface area contributed by atoms with E-state index in [1.54, 1.807) is 18.2 Å². The summed E-state index contributed by atoms with van der Waals surface area (Å²) < 4.78 is 5.70. The molecule has 98 valence electrons. The fraction of sp³-hybridized carbons (Fsp3) is 0.143. The molecule has 1 heterocycles. The number of hydrogen-bond donors (Lipinski definition) is 2. The van der Waals surface area contributed by atoms with Crippen LogP contribution in [-0.2, 0) is 0 Å². The van der Waals surface area contributed by atoms with E-state index in [1.807, 2.05) is 32.0 Å². The SMILES string of the molecule is Cc1ccc(Oc2cccc(C(N)=NO)n2)c(C)c1. The number of oxime groups is 1. The van der Waals surface area contributed by atoms with Crippen molar-refractivity contribution in [2.45, 2.75) is 13.8 Å². The minimum atomic E-state index is -0.0499. The van der Waals surface area contributed by atoms with E-state index < -0.39 is 0 Å². The minimum Gasteiger partial charge on any atom is -0.439 e. The average molecular weight is 257 g/mol. The van der Waals surface area contributed by atoms with E-state index in [9.17, 15) is 0 Å². The van der Waals surface area contributed by atoms with E-state index in [0.717, 1.165) is 11.3 Å². The molecule has 1 aromatic carbocycles. The van der Waals surface area contributed by atoms with Crippen LogP contribution in [0, 0.1) is 13.8 Å². The molecule has 0 aliphatic carbocycles. The van der Waals surface area contributed by atoms with Crippen molar-refractivity contribution in [2.75, 3.05) is 0 Å². The number of benzene rings is 1. The van der Waals surface area contributed by atoms with Crippen molar-refractivity contribution >= 4 is 5.84 Å². The quantitative estimate of drug-likeness (QED) is 0.383. The van der Waals surface area contributed by atoms with Crippen LogP contribution in [0.15, 0.2) is 41.6 Å². The van der Waals surface area contributed by atoms with Crippen molar-refractivity contribution in [1.29, 1.82) is 0 Å². The molecule has 5 nitrogen and oxygen atoms in total. The van der Waals surface area contributed by atoms with Gasteiger partial charge in [-0.15, -0.1) is 0 Å². The van der Waals surface area contributed by atoms with Gasteiger partial charge in [0.25, 0.3) is 0 Å². The Balaban J connectivity index is 2.28. The monoisotopic (exact) mass is 257 g/mol. The second-order valence-electron chi connectivity index (χ2n) is 4.22. The third-order valence-corrected chi connectivity index (χ3v) is 2.64. The molecule has 0 bridgehead atoms. The summed E-state index contributed by atoms with van der Waals surface area (Å²) in [7, 11) is 0. The fourth-order valence-electron chi connectivity index (χ4n) is 1.69. The van der Waals surface area contributed by atoms with Crippen LogP contribution in [-0.4, -0.2) is 16.0 Å². The zero-order chi connectivity index (χ0) is 13.8. The van der Waals surface area contributed by atoms with E-state index in [2.05, 4.69) is 10.1 Å². The molecule has 0 amide bonds. The van der Waals surface area contributed by atoms with Crippen LogP contribution in [0.1, 0.15) is 16.8 Å². The predicted octanol–water partition coefficient (Wildman–Crippen LogP) is 2.59. The first kappa shape index (κ1) is 12.9. The van der Waals surface area contributed by atoms with Gasteiger partial charge in [0, 0.05) is 6.07 Å². The van der Waals surface area contributed by atoms with E-state index in [4.69, 9.17) is 15.7 Å². The lowest BCUT2D eigenvalue weighted by Gasteiger charge is -2.09. The summed E-state index contributed by atoms with van der Waals surface area (Å²) in [5.74, 6) is 1.08. The molecule has 0 atom stereocenters. The molecule has 0 fully saturated rings. The highest BCUT2D eigenvalue weighted by atomic mass is 16.5. The molecule has 0 saturated carbocycles. The summed E-state index contributed by atoms with van der Waals surface area (Å²) >= 11 is 0. The van der Waals surface area contributed by atoms with E-state index in [-0.39, 0.29) is 5.84 Å². The molecule has 2 rings (SSSR count). The number of rotatable bonds is 3. The molecular weight excluding hydrogens is 242 g/mol. The fourth-order valence-corrected chi connectivity index (χ4v) is 1.69. The molecule has 0 spiro atoms. The van der Waals surface area contributed by atoms with E-state index in [0.29, 0.717) is 11.6 Å². The Bertz CT molecular complexity index is 624. The summed E-state index contributed by atoms with van der Waals surface area (Å²) in [5.41, 5.74) is 8.05. The van der Waals surface area contributed by atoms with Gasteiger partial charge in [-0.2, -0.15) is 0 Å². The molecular formula is C14H15N3O2. The second-order valence-corrected chi connectivity index (χ2v) is 4.22. The van der Waals surface area contributed by atoms with Crippen LogP contribution in [0.4, 0.5) is 0 Å². The molecule has 2 aromatic rings. The highest BCUT2D eigenvalue weighted by Crippen LogP contribution is 2.24. The molecule has 3 N–H and O–H groups in total. The van der Waals surface area contributed by atoms with Crippen LogP contribution in [0.3, 0.4) is 0 Å². The number of pyridine rings is 1. The maximum atomic E-state index is 8.63. The lowest BCUT2D eigenvalue weighted by atomic mass is 10.1. The molecule has 0 saturated heterocycles. The number of nitrogens with two attached hydrogens (primary N) is 1. The Morgan fingerprint density at radius 1 is 1.26 bits per heavy atom. The Labute approximate surface area is 111 Å². The average Bonchev–Trinajstić information content (AvgIpc) is 2.41. The van der Waals surface area contributed by atoms with Gasteiger partial charge in [-0.3, -0.25) is 0 Å². The van der Waals surface area contributed by atoms with Crippen LogP contribution < -0.4 is 10.5 Å². The standard InChI is InChI=1S/C14H15N3O2/c1-9-6-7-12(10(2)8-9)19-13-5-3-4-11(16-13)14(15)17-18/h3-8,18H,1-2H3,(H2,15,17). The largest absolute Gasteiger partial charge is 0.439 e. The highest BCUT2D eigenvalue weighted by molar-refractivity contribution is 5.95. The van der Waals surface area contributed by atoms with Crippen molar-refractivity contribution < 1.29 is 9.94 Å². The first-order valence-corrected chi connectivity index (χ1v) is 5.80. The summed E-state index contributed by atoms with van der Waals surface area (Å²) in [6.45, 7) is 3.99. The Hall–Kier alpha value is -2.56. The van der Waals surface area contributed by atoms with E-state index in [1.165, 1.54) is 5.56 Å². The number of ether oxygens (including phenoxy) is 1. The van der Waals surface area contributed by atoms with Crippen molar-refractivity contribution in [3.05, 3.63) is 53.2 Å². The molecule has 0 unspecified atom stereocenters. The number of amidine groups is 1. The first-order chi connectivity index (χ1) is 9.10. The summed E-state index contributed by atoms with van der Waals surface area (Å²) in [6, 6.07) is 11.0. The molecule has 0 aliphatic heterocycles. The number of nitrogens with zero attached hydrogens (tertiary/aromatic N) is 2. The third kappa shape index (κ3) is 3.01. The molecule has 1 aromatic heterocycles. The summed E-state index contributed by atoms with van der Waals surface area (Å²) in [4.78, 5) is 4.16. The lowest BCUT2D eigenvalue weighted by Crippen LogP contribution is -2.14. The van der Waals surface area contributed by atoms with Crippen molar-refractivity contribution in [3.63, 3.8) is 0 Å². The lowest BCUT2D eigenvalue weighted by molar-refractivity contribution is 0.318. The zero-order valence-corrected chi connectivity index (χ0v) is 10.8. The van der Waals surface area contributed by atoms with Gasteiger partial charge in [0.2, 0.25) is 5.88 Å². The number of aromatic nitrogens is 1. The Morgan fingerprint density at radius 2 is 2.05 bits per heavy atom. The molecule has 0 radical (unpaired) electrons. The van der Waals surface area contributed by atoms with Gasteiger partial charge >= 0.3 is 0 Å². The van der Waals surface area contributed by atoms with Gasteiger partial charge in [-0.1, -0.05) is 28.9 Å². The predicted molar refractivity (Wildman–Crippen MR) is 72.7 cm³/mol. The zero-order valence-electron chi connectivity index (χ0n) is 10.8.